The monoisotopic (exact) mass is 323 g/mol. The van der Waals surface area contributed by atoms with E-state index in [1.165, 1.54) is 4.52 Å². The largest absolute Gasteiger partial charge is 0.335 e. The van der Waals surface area contributed by atoms with E-state index in [0.29, 0.717) is 23.4 Å². The van der Waals surface area contributed by atoms with Crippen LogP contribution in [0.2, 0.25) is 0 Å². The highest BCUT2D eigenvalue weighted by molar-refractivity contribution is 5.96. The second kappa shape index (κ2) is 5.30. The molecule has 0 saturated heterocycles. The van der Waals surface area contributed by atoms with Gasteiger partial charge in [0.2, 0.25) is 0 Å². The van der Waals surface area contributed by atoms with Crippen LogP contribution in [0.3, 0.4) is 0 Å². The number of hydrogen-bond acceptors (Lipinski definition) is 4. The second-order valence-electron chi connectivity index (χ2n) is 6.04. The molecule has 7 nitrogen and oxygen atoms in total. The normalized spacial score (nSPS) is 13.8. The summed E-state index contributed by atoms with van der Waals surface area (Å²) in [5.74, 6) is -0.163. The summed E-state index contributed by atoms with van der Waals surface area (Å²) in [6, 6.07) is 5.66. The molecule has 3 aromatic rings. The summed E-state index contributed by atoms with van der Waals surface area (Å²) in [4.78, 5) is 34.2. The van der Waals surface area contributed by atoms with E-state index in [-0.39, 0.29) is 18.0 Å². The van der Waals surface area contributed by atoms with Crippen LogP contribution in [0.25, 0.3) is 5.65 Å². The first-order valence-electron chi connectivity index (χ1n) is 7.91. The Balaban J connectivity index is 1.70. The topological polar surface area (TPSA) is 83.4 Å². The predicted octanol–water partition coefficient (Wildman–Crippen LogP) is 1.44. The van der Waals surface area contributed by atoms with Gasteiger partial charge >= 0.3 is 0 Å². The van der Waals surface area contributed by atoms with Crippen LogP contribution in [-0.4, -0.2) is 30.4 Å². The van der Waals surface area contributed by atoms with Crippen molar-refractivity contribution in [2.24, 2.45) is 0 Å². The molecule has 0 radical (unpaired) electrons. The molecule has 0 aliphatic carbocycles. The number of nitrogens with one attached hydrogen (secondary N) is 1. The highest BCUT2D eigenvalue weighted by atomic mass is 16.2. The highest BCUT2D eigenvalue weighted by Crippen LogP contribution is 2.21. The zero-order chi connectivity index (χ0) is 16.8. The molecule has 1 amide bonds. The lowest BCUT2D eigenvalue weighted by Gasteiger charge is -2.14. The minimum Gasteiger partial charge on any atom is -0.335 e. The maximum absolute atomic E-state index is 12.6. The summed E-state index contributed by atoms with van der Waals surface area (Å²) in [6.07, 6.45) is 2.49. The number of carbonyl (C=O) groups is 1. The van der Waals surface area contributed by atoms with Crippen LogP contribution < -0.4 is 5.56 Å². The van der Waals surface area contributed by atoms with Crippen LogP contribution in [0.15, 0.2) is 29.2 Å². The van der Waals surface area contributed by atoms with E-state index in [1.807, 2.05) is 32.0 Å². The van der Waals surface area contributed by atoms with Crippen molar-refractivity contribution in [2.75, 3.05) is 0 Å². The van der Waals surface area contributed by atoms with Gasteiger partial charge in [0.25, 0.3) is 11.5 Å². The SMILES string of the molecule is CCc1cc2[nH]c3c(c(=O)n2n1)CN(Cc1ccc(C)nc1)C3=O. The Kier molecular flexibility index (Phi) is 3.23. The predicted molar refractivity (Wildman–Crippen MR) is 87.7 cm³/mol. The molecule has 1 aliphatic rings. The van der Waals surface area contributed by atoms with Gasteiger partial charge in [0.05, 0.1) is 17.8 Å². The third-order valence-electron chi connectivity index (χ3n) is 4.32. The summed E-state index contributed by atoms with van der Waals surface area (Å²) in [5.41, 5.74) is 3.86. The van der Waals surface area contributed by atoms with Crippen molar-refractivity contribution in [3.8, 4) is 0 Å². The summed E-state index contributed by atoms with van der Waals surface area (Å²) in [6.45, 7) is 4.60. The lowest BCUT2D eigenvalue weighted by Crippen LogP contribution is -2.24. The first-order chi connectivity index (χ1) is 11.6. The molecule has 0 atom stereocenters. The average molecular weight is 323 g/mol. The number of aryl methyl sites for hydroxylation is 2. The van der Waals surface area contributed by atoms with Gasteiger partial charge < -0.3 is 9.88 Å². The van der Waals surface area contributed by atoms with Crippen molar-refractivity contribution in [3.63, 3.8) is 0 Å². The minimum absolute atomic E-state index is 0.163. The Morgan fingerprint density at radius 1 is 1.29 bits per heavy atom. The van der Waals surface area contributed by atoms with Gasteiger partial charge in [-0.1, -0.05) is 13.0 Å². The van der Waals surface area contributed by atoms with Crippen molar-refractivity contribution < 1.29 is 4.79 Å². The van der Waals surface area contributed by atoms with Gasteiger partial charge in [0, 0.05) is 24.5 Å². The van der Waals surface area contributed by atoms with Crippen LogP contribution in [0, 0.1) is 6.92 Å². The van der Waals surface area contributed by atoms with Crippen molar-refractivity contribution in [2.45, 2.75) is 33.4 Å². The molecule has 4 rings (SSSR count). The first kappa shape index (κ1) is 14.6. The van der Waals surface area contributed by atoms with E-state index >= 15 is 0 Å². The van der Waals surface area contributed by atoms with Crippen LogP contribution in [0.1, 0.15) is 39.9 Å². The smallest absolute Gasteiger partial charge is 0.280 e. The Labute approximate surface area is 138 Å². The fourth-order valence-corrected chi connectivity index (χ4v) is 2.98. The van der Waals surface area contributed by atoms with Crippen molar-refractivity contribution in [3.05, 3.63) is 63.0 Å². The van der Waals surface area contributed by atoms with E-state index < -0.39 is 0 Å². The number of aromatic nitrogens is 4. The van der Waals surface area contributed by atoms with E-state index in [4.69, 9.17) is 0 Å². The molecule has 0 fully saturated rings. The molecule has 0 aromatic carbocycles. The molecular weight excluding hydrogens is 306 g/mol. The van der Waals surface area contributed by atoms with E-state index in [9.17, 15) is 9.59 Å². The van der Waals surface area contributed by atoms with Crippen LogP contribution in [0.5, 0.6) is 0 Å². The average Bonchev–Trinajstić information content (AvgIpc) is 3.13. The van der Waals surface area contributed by atoms with Crippen molar-refractivity contribution in [1.29, 1.82) is 0 Å². The fraction of sp³-hybridized carbons (Fsp3) is 0.294. The zero-order valence-electron chi connectivity index (χ0n) is 13.5. The van der Waals surface area contributed by atoms with Gasteiger partial charge in [-0.2, -0.15) is 9.61 Å². The molecule has 7 heteroatoms. The summed E-state index contributed by atoms with van der Waals surface area (Å²) in [7, 11) is 0. The second-order valence-corrected chi connectivity index (χ2v) is 6.04. The first-order valence-corrected chi connectivity index (χ1v) is 7.91. The van der Waals surface area contributed by atoms with E-state index in [2.05, 4.69) is 15.1 Å². The number of nitrogens with zero attached hydrogens (tertiary/aromatic N) is 4. The number of amides is 1. The quantitative estimate of drug-likeness (QED) is 0.790. The van der Waals surface area contributed by atoms with Gasteiger partial charge in [-0.05, 0) is 25.0 Å². The van der Waals surface area contributed by atoms with Crippen LogP contribution in [0.4, 0.5) is 0 Å². The van der Waals surface area contributed by atoms with Crippen LogP contribution >= 0.6 is 0 Å². The van der Waals surface area contributed by atoms with Crippen molar-refractivity contribution >= 4 is 11.6 Å². The Bertz CT molecular complexity index is 1000. The van der Waals surface area contributed by atoms with Gasteiger partial charge in [0.15, 0.2) is 0 Å². The number of carbonyl (C=O) groups excluding carboxylic acids is 1. The Morgan fingerprint density at radius 3 is 2.83 bits per heavy atom. The summed E-state index contributed by atoms with van der Waals surface area (Å²) >= 11 is 0. The highest BCUT2D eigenvalue weighted by Gasteiger charge is 2.32. The molecule has 0 spiro atoms. The minimum atomic E-state index is -0.226. The number of H-pyrrole nitrogens is 1. The van der Waals surface area contributed by atoms with Gasteiger partial charge in [-0.3, -0.25) is 14.6 Å². The molecule has 1 aliphatic heterocycles. The fourth-order valence-electron chi connectivity index (χ4n) is 2.98. The number of pyridine rings is 1. The lowest BCUT2D eigenvalue weighted by atomic mass is 10.2. The third kappa shape index (κ3) is 2.20. The number of hydrogen-bond donors (Lipinski definition) is 1. The molecule has 0 bridgehead atoms. The summed E-state index contributed by atoms with van der Waals surface area (Å²) < 4.78 is 1.35. The Morgan fingerprint density at radius 2 is 2.12 bits per heavy atom. The molecule has 0 unspecified atom stereocenters. The molecule has 1 N–H and O–H groups in total. The molecule has 4 heterocycles. The maximum atomic E-state index is 12.6. The lowest BCUT2D eigenvalue weighted by molar-refractivity contribution is 0.0762. The van der Waals surface area contributed by atoms with Gasteiger partial charge in [-0.15, -0.1) is 0 Å². The summed E-state index contributed by atoms with van der Waals surface area (Å²) in [5, 5.41) is 4.29. The van der Waals surface area contributed by atoms with Gasteiger partial charge in [0.1, 0.15) is 11.3 Å². The van der Waals surface area contributed by atoms with E-state index in [0.717, 1.165) is 23.4 Å². The standard InChI is InChI=1S/C17H17N5O2/c1-3-12-6-14-19-15-13(16(23)22(14)20-12)9-21(17(15)24)8-11-5-4-10(2)18-7-11/h4-7,19H,3,8-9H2,1-2H3. The van der Waals surface area contributed by atoms with Crippen molar-refractivity contribution in [1.82, 2.24) is 24.5 Å². The van der Waals surface area contributed by atoms with Gasteiger partial charge in [-0.25, -0.2) is 0 Å². The number of rotatable bonds is 3. The third-order valence-corrected chi connectivity index (χ3v) is 4.32. The molecule has 3 aromatic heterocycles. The van der Waals surface area contributed by atoms with Crippen LogP contribution in [-0.2, 0) is 19.5 Å². The maximum Gasteiger partial charge on any atom is 0.280 e. The molecule has 122 valence electrons. The number of aromatic amines is 1. The molecule has 24 heavy (non-hydrogen) atoms. The number of fused-ring (bicyclic) bond motifs is 2. The molecule has 0 saturated carbocycles. The molecular formula is C17H17N5O2. The van der Waals surface area contributed by atoms with E-state index in [1.54, 1.807) is 11.1 Å². The zero-order valence-corrected chi connectivity index (χ0v) is 13.5. The Hall–Kier alpha value is -2.96.